The molecule has 0 amide bonds. The number of thiophene rings is 1. The van der Waals surface area contributed by atoms with Crippen molar-refractivity contribution in [3.63, 3.8) is 0 Å². The van der Waals surface area contributed by atoms with Crippen LogP contribution in [0.25, 0.3) is 0 Å². The van der Waals surface area contributed by atoms with Gasteiger partial charge in [-0.3, -0.25) is 9.79 Å². The van der Waals surface area contributed by atoms with Crippen LogP contribution in [0.5, 0.6) is 0 Å². The second kappa shape index (κ2) is 11.9. The van der Waals surface area contributed by atoms with Gasteiger partial charge in [0.25, 0.3) is 0 Å². The van der Waals surface area contributed by atoms with Gasteiger partial charge in [0.1, 0.15) is 0 Å². The molecule has 1 heterocycles. The largest absolute Gasteiger partial charge is 0.469 e. The molecule has 1 rings (SSSR count). The Morgan fingerprint density at radius 1 is 1.17 bits per heavy atom. The second-order valence-corrected chi connectivity index (χ2v) is 6.57. The number of unbranched alkanes of at least 4 members (excludes halogenated alkanes) is 3. The average molecular weight is 340 g/mol. The van der Waals surface area contributed by atoms with Gasteiger partial charge in [-0.25, -0.2) is 0 Å². The maximum Gasteiger partial charge on any atom is 0.305 e. The quantitative estimate of drug-likeness (QED) is 0.298. The molecule has 0 aliphatic carbocycles. The van der Waals surface area contributed by atoms with Crippen LogP contribution in [0.3, 0.4) is 0 Å². The summed E-state index contributed by atoms with van der Waals surface area (Å²) in [5, 5.41) is 6.66. The number of hydrogen-bond donors (Lipinski definition) is 2. The minimum Gasteiger partial charge on any atom is -0.469 e. The molecule has 0 unspecified atom stereocenters. The van der Waals surface area contributed by atoms with E-state index in [2.05, 4.69) is 39.4 Å². The highest BCUT2D eigenvalue weighted by Gasteiger charge is 2.02. The maximum atomic E-state index is 11.0. The Hall–Kier alpha value is -1.56. The number of ether oxygens (including phenoxy) is 1. The van der Waals surface area contributed by atoms with Crippen molar-refractivity contribution in [3.8, 4) is 0 Å². The normalized spacial score (nSPS) is 11.3. The van der Waals surface area contributed by atoms with Crippen molar-refractivity contribution in [3.05, 3.63) is 21.9 Å². The predicted octanol–water partition coefficient (Wildman–Crippen LogP) is 3.10. The molecular formula is C17H29N3O2S. The van der Waals surface area contributed by atoms with Crippen molar-refractivity contribution >= 4 is 23.3 Å². The van der Waals surface area contributed by atoms with Gasteiger partial charge in [0.05, 0.1) is 13.7 Å². The topological polar surface area (TPSA) is 62.7 Å². The first-order valence-corrected chi connectivity index (χ1v) is 9.10. The molecule has 0 fully saturated rings. The number of aliphatic imine (C=N–C) groups is 1. The molecule has 0 saturated carbocycles. The summed E-state index contributed by atoms with van der Waals surface area (Å²) in [6.07, 6.45) is 5.74. The molecule has 2 N–H and O–H groups in total. The first-order chi connectivity index (χ1) is 11.2. The van der Waals surface area contributed by atoms with E-state index in [1.165, 1.54) is 16.9 Å². The standard InChI is InChI=1S/C17H29N3O2S/c1-4-14-10-11-15(23-14)13-20-17(18-2)19-12-8-6-5-7-9-16(21)22-3/h10-11H,4-9,12-13H2,1-3H3,(H2,18,19,20). The van der Waals surface area contributed by atoms with E-state index >= 15 is 0 Å². The molecule has 0 aliphatic heterocycles. The minimum absolute atomic E-state index is 0.118. The van der Waals surface area contributed by atoms with Crippen LogP contribution in [-0.2, 0) is 22.5 Å². The summed E-state index contributed by atoms with van der Waals surface area (Å²) in [6, 6.07) is 4.36. The molecule has 0 bridgehead atoms. The van der Waals surface area contributed by atoms with Gasteiger partial charge in [-0.05, 0) is 31.4 Å². The summed E-state index contributed by atoms with van der Waals surface area (Å²) in [6.45, 7) is 3.88. The zero-order valence-corrected chi connectivity index (χ0v) is 15.3. The van der Waals surface area contributed by atoms with Crippen LogP contribution in [0.15, 0.2) is 17.1 Å². The van der Waals surface area contributed by atoms with Crippen LogP contribution >= 0.6 is 11.3 Å². The van der Waals surface area contributed by atoms with Crippen LogP contribution in [0.1, 0.15) is 48.8 Å². The van der Waals surface area contributed by atoms with Crippen LogP contribution in [0, 0.1) is 0 Å². The van der Waals surface area contributed by atoms with E-state index in [1.54, 1.807) is 7.05 Å². The fraction of sp³-hybridized carbons (Fsp3) is 0.647. The molecule has 1 aromatic heterocycles. The summed E-state index contributed by atoms with van der Waals surface area (Å²) in [4.78, 5) is 18.0. The number of rotatable bonds is 10. The molecule has 1 aromatic rings. The van der Waals surface area contributed by atoms with E-state index in [-0.39, 0.29) is 5.97 Å². The first kappa shape index (κ1) is 19.5. The van der Waals surface area contributed by atoms with Crippen LogP contribution in [-0.4, -0.2) is 32.6 Å². The van der Waals surface area contributed by atoms with E-state index in [4.69, 9.17) is 0 Å². The number of esters is 1. The van der Waals surface area contributed by atoms with E-state index in [0.717, 1.165) is 51.2 Å². The van der Waals surface area contributed by atoms with Crippen LogP contribution < -0.4 is 10.6 Å². The summed E-state index contributed by atoms with van der Waals surface area (Å²) >= 11 is 1.84. The molecule has 23 heavy (non-hydrogen) atoms. The highest BCUT2D eigenvalue weighted by atomic mass is 32.1. The van der Waals surface area contributed by atoms with Gasteiger partial charge in [0.15, 0.2) is 5.96 Å². The van der Waals surface area contributed by atoms with Crippen molar-refractivity contribution in [1.29, 1.82) is 0 Å². The van der Waals surface area contributed by atoms with E-state index < -0.39 is 0 Å². The summed E-state index contributed by atoms with van der Waals surface area (Å²) < 4.78 is 4.62. The third-order valence-corrected chi connectivity index (χ3v) is 4.78. The SMILES string of the molecule is CCc1ccc(CNC(=NC)NCCCCCCC(=O)OC)s1. The number of nitrogens with zero attached hydrogens (tertiary/aromatic N) is 1. The molecule has 0 aromatic carbocycles. The van der Waals surface area contributed by atoms with Gasteiger partial charge in [-0.1, -0.05) is 19.8 Å². The highest BCUT2D eigenvalue weighted by Crippen LogP contribution is 2.16. The predicted molar refractivity (Wildman–Crippen MR) is 97.0 cm³/mol. The van der Waals surface area contributed by atoms with Crippen LogP contribution in [0.4, 0.5) is 0 Å². The number of hydrogen-bond acceptors (Lipinski definition) is 4. The van der Waals surface area contributed by atoms with Crippen molar-refractivity contribution in [2.45, 2.75) is 52.0 Å². The Bertz CT molecular complexity index is 486. The van der Waals surface area contributed by atoms with Crippen molar-refractivity contribution in [2.24, 2.45) is 4.99 Å². The van der Waals surface area contributed by atoms with E-state index in [0.29, 0.717) is 6.42 Å². The third-order valence-electron chi connectivity index (χ3n) is 3.55. The molecule has 0 atom stereocenters. The zero-order valence-electron chi connectivity index (χ0n) is 14.5. The Balaban J connectivity index is 2.09. The van der Waals surface area contributed by atoms with Gasteiger partial charge in [0, 0.05) is 29.8 Å². The summed E-state index contributed by atoms with van der Waals surface area (Å²) in [5.41, 5.74) is 0. The van der Waals surface area contributed by atoms with Gasteiger partial charge in [0.2, 0.25) is 0 Å². The lowest BCUT2D eigenvalue weighted by Crippen LogP contribution is -2.37. The fourth-order valence-corrected chi connectivity index (χ4v) is 3.05. The smallest absolute Gasteiger partial charge is 0.305 e. The molecule has 5 nitrogen and oxygen atoms in total. The Kier molecular flexibility index (Phi) is 10.1. The maximum absolute atomic E-state index is 11.0. The van der Waals surface area contributed by atoms with Crippen molar-refractivity contribution < 1.29 is 9.53 Å². The van der Waals surface area contributed by atoms with Gasteiger partial charge in [-0.15, -0.1) is 11.3 Å². The molecule has 0 spiro atoms. The Morgan fingerprint density at radius 3 is 2.57 bits per heavy atom. The van der Waals surface area contributed by atoms with Gasteiger partial charge < -0.3 is 15.4 Å². The Morgan fingerprint density at radius 2 is 1.91 bits per heavy atom. The molecular weight excluding hydrogens is 310 g/mol. The van der Waals surface area contributed by atoms with E-state index in [9.17, 15) is 4.79 Å². The monoisotopic (exact) mass is 339 g/mol. The first-order valence-electron chi connectivity index (χ1n) is 8.28. The average Bonchev–Trinajstić information content (AvgIpc) is 3.04. The lowest BCUT2D eigenvalue weighted by Gasteiger charge is -2.11. The number of aryl methyl sites for hydroxylation is 1. The second-order valence-electron chi connectivity index (χ2n) is 5.31. The number of methoxy groups -OCH3 is 1. The molecule has 0 radical (unpaired) electrons. The highest BCUT2D eigenvalue weighted by molar-refractivity contribution is 7.11. The fourth-order valence-electron chi connectivity index (χ4n) is 2.16. The van der Waals surface area contributed by atoms with Gasteiger partial charge >= 0.3 is 5.97 Å². The molecule has 0 aliphatic rings. The minimum atomic E-state index is -0.118. The lowest BCUT2D eigenvalue weighted by molar-refractivity contribution is -0.140. The number of carbonyl (C=O) groups is 1. The lowest BCUT2D eigenvalue weighted by atomic mass is 10.1. The number of carbonyl (C=O) groups excluding carboxylic acids is 1. The summed E-state index contributed by atoms with van der Waals surface area (Å²) in [5.74, 6) is 0.721. The zero-order chi connectivity index (χ0) is 16.9. The van der Waals surface area contributed by atoms with E-state index in [1.807, 2.05) is 11.3 Å². The van der Waals surface area contributed by atoms with Crippen LogP contribution in [0.2, 0.25) is 0 Å². The molecule has 6 heteroatoms. The number of nitrogens with one attached hydrogen (secondary N) is 2. The molecule has 130 valence electrons. The summed E-state index contributed by atoms with van der Waals surface area (Å²) in [7, 11) is 3.22. The Labute approximate surface area is 143 Å². The van der Waals surface area contributed by atoms with Crippen molar-refractivity contribution in [2.75, 3.05) is 20.7 Å². The van der Waals surface area contributed by atoms with Crippen molar-refractivity contribution in [1.82, 2.24) is 10.6 Å². The van der Waals surface area contributed by atoms with Gasteiger partial charge in [-0.2, -0.15) is 0 Å². The third kappa shape index (κ3) is 8.59. The molecule has 0 saturated heterocycles. The number of guanidine groups is 1.